The first-order chi connectivity index (χ1) is 10.1. The van der Waals surface area contributed by atoms with Gasteiger partial charge in [0.15, 0.2) is 5.65 Å². The van der Waals surface area contributed by atoms with Crippen LogP contribution in [0.2, 0.25) is 0 Å². The molecule has 2 aromatic heterocycles. The summed E-state index contributed by atoms with van der Waals surface area (Å²) in [6.07, 6.45) is 5.31. The van der Waals surface area contributed by atoms with Gasteiger partial charge in [0, 0.05) is 26.4 Å². The summed E-state index contributed by atoms with van der Waals surface area (Å²) in [5.74, 6) is -0.0521. The molecular formula is C13H18BrN5O2. The average Bonchev–Trinajstić information content (AvgIpc) is 2.87. The summed E-state index contributed by atoms with van der Waals surface area (Å²) < 4.78 is 7.56. The molecule has 0 saturated heterocycles. The van der Waals surface area contributed by atoms with Crippen LogP contribution in [0.1, 0.15) is 12.6 Å². The molecule has 2 N–H and O–H groups in total. The quantitative estimate of drug-likeness (QED) is 0.715. The van der Waals surface area contributed by atoms with E-state index in [0.29, 0.717) is 19.7 Å². The van der Waals surface area contributed by atoms with Crippen molar-refractivity contribution in [2.45, 2.75) is 19.5 Å². The van der Waals surface area contributed by atoms with Gasteiger partial charge in [-0.1, -0.05) is 0 Å². The maximum atomic E-state index is 11.8. The van der Waals surface area contributed by atoms with Gasteiger partial charge in [0.25, 0.3) is 0 Å². The first-order valence-corrected chi connectivity index (χ1v) is 7.38. The Balaban J connectivity index is 1.92. The van der Waals surface area contributed by atoms with Crippen molar-refractivity contribution < 1.29 is 9.53 Å². The van der Waals surface area contributed by atoms with Gasteiger partial charge in [-0.3, -0.25) is 9.20 Å². The van der Waals surface area contributed by atoms with E-state index in [4.69, 9.17) is 4.74 Å². The maximum Gasteiger partial charge on any atom is 0.236 e. The molecule has 0 aromatic carbocycles. The highest BCUT2D eigenvalue weighted by atomic mass is 79.9. The molecule has 21 heavy (non-hydrogen) atoms. The van der Waals surface area contributed by atoms with E-state index < -0.39 is 0 Å². The van der Waals surface area contributed by atoms with E-state index in [0.717, 1.165) is 15.9 Å². The molecule has 0 radical (unpaired) electrons. The molecule has 2 rings (SSSR count). The van der Waals surface area contributed by atoms with Gasteiger partial charge in [-0.2, -0.15) is 0 Å². The first kappa shape index (κ1) is 15.9. The largest absolute Gasteiger partial charge is 0.383 e. The van der Waals surface area contributed by atoms with E-state index in [2.05, 4.69) is 36.5 Å². The van der Waals surface area contributed by atoms with Gasteiger partial charge in [-0.05, 0) is 22.9 Å². The summed E-state index contributed by atoms with van der Waals surface area (Å²) in [5.41, 5.74) is 1.73. The molecule has 0 saturated carbocycles. The Morgan fingerprint density at radius 1 is 1.48 bits per heavy atom. The molecule has 2 heterocycles. The zero-order valence-electron chi connectivity index (χ0n) is 12.0. The van der Waals surface area contributed by atoms with Crippen molar-refractivity contribution in [2.24, 2.45) is 0 Å². The van der Waals surface area contributed by atoms with Gasteiger partial charge < -0.3 is 15.4 Å². The Hall–Kier alpha value is -1.51. The van der Waals surface area contributed by atoms with Gasteiger partial charge in [0.1, 0.15) is 4.60 Å². The third kappa shape index (κ3) is 4.23. The second kappa shape index (κ2) is 7.48. The van der Waals surface area contributed by atoms with Crippen LogP contribution in [0.15, 0.2) is 23.2 Å². The SMILES string of the molecule is COCCNC(=O)C(C)NCc1cnc2cnc(Br)cn12. The molecule has 2 aromatic rings. The van der Waals surface area contributed by atoms with Crippen LogP contribution in [0.4, 0.5) is 0 Å². The third-order valence-corrected chi connectivity index (χ3v) is 3.44. The number of imidazole rings is 1. The fraction of sp³-hybridized carbons (Fsp3) is 0.462. The van der Waals surface area contributed by atoms with Crippen molar-refractivity contribution in [3.05, 3.63) is 28.9 Å². The summed E-state index contributed by atoms with van der Waals surface area (Å²) in [6.45, 7) is 3.38. The van der Waals surface area contributed by atoms with Crippen molar-refractivity contribution in [1.29, 1.82) is 0 Å². The molecule has 1 unspecified atom stereocenters. The van der Waals surface area contributed by atoms with E-state index in [1.54, 1.807) is 19.5 Å². The summed E-state index contributed by atoms with van der Waals surface area (Å²) in [6, 6.07) is -0.294. The van der Waals surface area contributed by atoms with Crippen molar-refractivity contribution in [1.82, 2.24) is 25.0 Å². The molecule has 0 bridgehead atoms. The number of amides is 1. The molecule has 0 aliphatic rings. The number of fused-ring (bicyclic) bond motifs is 1. The van der Waals surface area contributed by atoms with Crippen LogP contribution in [0.5, 0.6) is 0 Å². The number of nitrogens with one attached hydrogen (secondary N) is 2. The smallest absolute Gasteiger partial charge is 0.236 e. The second-order valence-corrected chi connectivity index (χ2v) is 5.39. The Morgan fingerprint density at radius 2 is 2.29 bits per heavy atom. The highest BCUT2D eigenvalue weighted by Gasteiger charge is 2.12. The van der Waals surface area contributed by atoms with Gasteiger partial charge in [-0.15, -0.1) is 0 Å². The van der Waals surface area contributed by atoms with Gasteiger partial charge >= 0.3 is 0 Å². The first-order valence-electron chi connectivity index (χ1n) is 6.59. The van der Waals surface area contributed by atoms with Crippen LogP contribution in [0.3, 0.4) is 0 Å². The molecule has 0 aliphatic carbocycles. The topological polar surface area (TPSA) is 80.5 Å². The van der Waals surface area contributed by atoms with E-state index in [1.165, 1.54) is 0 Å². The number of aromatic nitrogens is 3. The van der Waals surface area contributed by atoms with Crippen molar-refractivity contribution in [2.75, 3.05) is 20.3 Å². The normalized spacial score (nSPS) is 12.5. The zero-order chi connectivity index (χ0) is 15.2. The van der Waals surface area contributed by atoms with Crippen LogP contribution in [0, 0.1) is 0 Å². The minimum atomic E-state index is -0.294. The summed E-state index contributed by atoms with van der Waals surface area (Å²) in [4.78, 5) is 20.2. The maximum absolute atomic E-state index is 11.8. The predicted octanol–water partition coefficient (Wildman–Crippen LogP) is 0.732. The van der Waals surface area contributed by atoms with Crippen LogP contribution in [-0.2, 0) is 16.1 Å². The third-order valence-electron chi connectivity index (χ3n) is 3.03. The number of hydrogen-bond acceptors (Lipinski definition) is 5. The van der Waals surface area contributed by atoms with Crippen LogP contribution in [-0.4, -0.2) is 46.6 Å². The number of ether oxygens (including phenoxy) is 1. The lowest BCUT2D eigenvalue weighted by Crippen LogP contribution is -2.42. The van der Waals surface area contributed by atoms with E-state index >= 15 is 0 Å². The molecule has 1 atom stereocenters. The van der Waals surface area contributed by atoms with Crippen LogP contribution in [0.25, 0.3) is 5.65 Å². The molecule has 114 valence electrons. The fourth-order valence-corrected chi connectivity index (χ4v) is 2.13. The van der Waals surface area contributed by atoms with Crippen LogP contribution >= 0.6 is 15.9 Å². The van der Waals surface area contributed by atoms with Crippen molar-refractivity contribution in [3.63, 3.8) is 0 Å². The van der Waals surface area contributed by atoms with Crippen molar-refractivity contribution >= 4 is 27.5 Å². The number of nitrogens with zero attached hydrogens (tertiary/aromatic N) is 3. The molecule has 8 heteroatoms. The number of carbonyl (C=O) groups is 1. The Bertz CT molecular complexity index is 616. The Morgan fingerprint density at radius 3 is 3.05 bits per heavy atom. The second-order valence-electron chi connectivity index (χ2n) is 4.57. The summed E-state index contributed by atoms with van der Waals surface area (Å²) in [7, 11) is 1.60. The van der Waals surface area contributed by atoms with E-state index in [-0.39, 0.29) is 11.9 Å². The van der Waals surface area contributed by atoms with Crippen molar-refractivity contribution in [3.8, 4) is 0 Å². The molecule has 7 nitrogen and oxygen atoms in total. The number of rotatable bonds is 7. The lowest BCUT2D eigenvalue weighted by atomic mass is 10.3. The number of methoxy groups -OCH3 is 1. The molecule has 1 amide bonds. The molecule has 0 spiro atoms. The number of carbonyl (C=O) groups excluding carboxylic acids is 1. The monoisotopic (exact) mass is 355 g/mol. The summed E-state index contributed by atoms with van der Waals surface area (Å²) in [5, 5.41) is 5.97. The van der Waals surface area contributed by atoms with Crippen LogP contribution < -0.4 is 10.6 Å². The Kier molecular flexibility index (Phi) is 5.66. The van der Waals surface area contributed by atoms with Gasteiger partial charge in [0.05, 0.1) is 30.7 Å². The minimum Gasteiger partial charge on any atom is -0.383 e. The lowest BCUT2D eigenvalue weighted by molar-refractivity contribution is -0.123. The standard InChI is InChI=1S/C13H18BrN5O2/c1-9(13(20)15-3-4-21-2)16-5-10-6-18-12-7-17-11(14)8-19(10)12/h6-9,16H,3-5H2,1-2H3,(H,15,20). The predicted molar refractivity (Wildman–Crippen MR) is 81.9 cm³/mol. The molecule has 0 aliphatic heterocycles. The zero-order valence-corrected chi connectivity index (χ0v) is 13.6. The number of hydrogen-bond donors (Lipinski definition) is 2. The highest BCUT2D eigenvalue weighted by Crippen LogP contribution is 2.10. The van der Waals surface area contributed by atoms with E-state index in [1.807, 2.05) is 17.5 Å². The molecule has 0 fully saturated rings. The molecular weight excluding hydrogens is 338 g/mol. The highest BCUT2D eigenvalue weighted by molar-refractivity contribution is 9.10. The Labute approximate surface area is 131 Å². The fourth-order valence-electron chi connectivity index (χ4n) is 1.83. The van der Waals surface area contributed by atoms with Gasteiger partial charge in [0.2, 0.25) is 5.91 Å². The average molecular weight is 356 g/mol. The van der Waals surface area contributed by atoms with E-state index in [9.17, 15) is 4.79 Å². The lowest BCUT2D eigenvalue weighted by Gasteiger charge is -2.13. The minimum absolute atomic E-state index is 0.0521. The number of halogens is 1. The summed E-state index contributed by atoms with van der Waals surface area (Å²) >= 11 is 3.33. The van der Waals surface area contributed by atoms with Gasteiger partial charge in [-0.25, -0.2) is 9.97 Å².